The second-order valence-corrected chi connectivity index (χ2v) is 4.19. The van der Waals surface area contributed by atoms with Gasteiger partial charge in [-0.05, 0) is 6.07 Å². The van der Waals surface area contributed by atoms with E-state index < -0.39 is 11.6 Å². The number of nitrogens with one attached hydrogen (secondary N) is 2. The van der Waals surface area contributed by atoms with Crippen LogP contribution >= 0.6 is 0 Å². The molecule has 17 heavy (non-hydrogen) atoms. The van der Waals surface area contributed by atoms with Crippen LogP contribution < -0.4 is 10.6 Å². The van der Waals surface area contributed by atoms with Crippen LogP contribution in [0.15, 0.2) is 18.2 Å². The zero-order valence-electron chi connectivity index (χ0n) is 9.68. The molecule has 0 bridgehead atoms. The lowest BCUT2D eigenvalue weighted by Gasteiger charge is -2.27. The highest BCUT2D eigenvalue weighted by molar-refractivity contribution is 5.18. The summed E-state index contributed by atoms with van der Waals surface area (Å²) in [5.74, 6) is -1.02. The Morgan fingerprint density at radius 2 is 2.00 bits per heavy atom. The summed E-state index contributed by atoms with van der Waals surface area (Å²) in [6.07, 6.45) is 0. The molecule has 3 nitrogen and oxygen atoms in total. The zero-order valence-corrected chi connectivity index (χ0v) is 9.68. The van der Waals surface area contributed by atoms with E-state index in [9.17, 15) is 8.78 Å². The Balaban J connectivity index is 1.77. The molecular formula is C12H17F2N3. The monoisotopic (exact) mass is 241 g/mol. The van der Waals surface area contributed by atoms with E-state index in [-0.39, 0.29) is 0 Å². The first-order valence-electron chi connectivity index (χ1n) is 5.83. The van der Waals surface area contributed by atoms with Gasteiger partial charge in [-0.15, -0.1) is 0 Å². The van der Waals surface area contributed by atoms with Crippen molar-refractivity contribution in [3.63, 3.8) is 0 Å². The first-order chi connectivity index (χ1) is 8.25. The molecule has 0 aromatic heterocycles. The van der Waals surface area contributed by atoms with Crippen LogP contribution in [-0.4, -0.2) is 37.7 Å². The van der Waals surface area contributed by atoms with E-state index in [0.717, 1.165) is 38.9 Å². The molecule has 2 rings (SSSR count). The van der Waals surface area contributed by atoms with Crippen LogP contribution in [0, 0.1) is 11.6 Å². The first-order valence-corrected chi connectivity index (χ1v) is 5.83. The molecule has 0 atom stereocenters. The maximum Gasteiger partial charge on any atom is 0.130 e. The van der Waals surface area contributed by atoms with Crippen molar-refractivity contribution in [1.82, 2.24) is 15.5 Å². The summed E-state index contributed by atoms with van der Waals surface area (Å²) < 4.78 is 26.0. The Bertz CT molecular complexity index is 365. The second kappa shape index (κ2) is 6.05. The number of halogens is 2. The molecule has 1 aromatic rings. The van der Waals surface area contributed by atoms with Gasteiger partial charge in [-0.3, -0.25) is 4.90 Å². The molecule has 0 spiro atoms. The van der Waals surface area contributed by atoms with Crippen LogP contribution in [0.3, 0.4) is 0 Å². The molecule has 1 aliphatic rings. The lowest BCUT2D eigenvalue weighted by Crippen LogP contribution is -2.46. The molecule has 0 radical (unpaired) electrons. The highest BCUT2D eigenvalue weighted by Gasteiger charge is 2.09. The Morgan fingerprint density at radius 1 is 1.24 bits per heavy atom. The number of hydrogen-bond acceptors (Lipinski definition) is 3. The van der Waals surface area contributed by atoms with Gasteiger partial charge in [-0.2, -0.15) is 0 Å². The van der Waals surface area contributed by atoms with Crippen LogP contribution in [0.2, 0.25) is 0 Å². The third-order valence-corrected chi connectivity index (χ3v) is 2.88. The summed E-state index contributed by atoms with van der Waals surface area (Å²) in [6.45, 7) is 5.14. The minimum absolute atomic E-state index is 0.427. The lowest BCUT2D eigenvalue weighted by atomic mass is 10.2. The summed E-state index contributed by atoms with van der Waals surface area (Å²) >= 11 is 0. The van der Waals surface area contributed by atoms with Crippen molar-refractivity contribution in [1.29, 1.82) is 0 Å². The fourth-order valence-corrected chi connectivity index (χ4v) is 1.88. The van der Waals surface area contributed by atoms with Gasteiger partial charge < -0.3 is 10.6 Å². The van der Waals surface area contributed by atoms with Crippen molar-refractivity contribution < 1.29 is 8.78 Å². The molecule has 0 amide bonds. The number of benzene rings is 1. The highest BCUT2D eigenvalue weighted by Crippen LogP contribution is 2.08. The molecule has 0 saturated carbocycles. The average molecular weight is 241 g/mol. The number of hydrogen-bond donors (Lipinski definition) is 2. The number of nitrogens with zero attached hydrogens (tertiary/aromatic N) is 1. The van der Waals surface area contributed by atoms with E-state index in [1.165, 1.54) is 12.1 Å². The molecule has 2 N–H and O–H groups in total. The Kier molecular flexibility index (Phi) is 4.42. The number of rotatable bonds is 4. The average Bonchev–Trinajstić information content (AvgIpc) is 2.33. The van der Waals surface area contributed by atoms with Crippen molar-refractivity contribution in [3.8, 4) is 0 Å². The normalized spacial score (nSPS) is 17.3. The Hall–Kier alpha value is -1.04. The van der Waals surface area contributed by atoms with E-state index in [2.05, 4.69) is 15.5 Å². The van der Waals surface area contributed by atoms with Crippen molar-refractivity contribution in [2.45, 2.75) is 6.54 Å². The van der Waals surface area contributed by atoms with Crippen LogP contribution in [0.4, 0.5) is 8.78 Å². The van der Waals surface area contributed by atoms with Gasteiger partial charge in [0.15, 0.2) is 0 Å². The summed E-state index contributed by atoms with van der Waals surface area (Å²) in [4.78, 5) is 2.26. The first kappa shape index (κ1) is 12.4. The summed E-state index contributed by atoms with van der Waals surface area (Å²) in [6, 6.07) is 3.68. The van der Waals surface area contributed by atoms with Gasteiger partial charge in [0.05, 0.1) is 0 Å². The molecular weight excluding hydrogens is 224 g/mol. The van der Waals surface area contributed by atoms with Gasteiger partial charge in [-0.1, -0.05) is 6.07 Å². The smallest absolute Gasteiger partial charge is 0.130 e. The zero-order chi connectivity index (χ0) is 12.1. The fraction of sp³-hybridized carbons (Fsp3) is 0.500. The van der Waals surface area contributed by atoms with E-state index >= 15 is 0 Å². The molecule has 1 heterocycles. The van der Waals surface area contributed by atoms with Gasteiger partial charge in [0.1, 0.15) is 11.6 Å². The third-order valence-electron chi connectivity index (χ3n) is 2.88. The lowest BCUT2D eigenvalue weighted by molar-refractivity contribution is 0.222. The quantitative estimate of drug-likeness (QED) is 0.820. The molecule has 0 aliphatic carbocycles. The summed E-state index contributed by atoms with van der Waals surface area (Å²) in [5.41, 5.74) is 0.501. The van der Waals surface area contributed by atoms with Gasteiger partial charge in [0.2, 0.25) is 0 Å². The summed E-state index contributed by atoms with van der Waals surface area (Å²) in [7, 11) is 0. The van der Waals surface area contributed by atoms with Gasteiger partial charge >= 0.3 is 0 Å². The van der Waals surface area contributed by atoms with Crippen LogP contribution in [0.1, 0.15) is 5.56 Å². The third kappa shape index (κ3) is 3.73. The van der Waals surface area contributed by atoms with Crippen molar-refractivity contribution >= 4 is 0 Å². The van der Waals surface area contributed by atoms with Crippen LogP contribution in [0.5, 0.6) is 0 Å². The van der Waals surface area contributed by atoms with Crippen LogP contribution in [-0.2, 0) is 6.54 Å². The van der Waals surface area contributed by atoms with E-state index in [4.69, 9.17) is 0 Å². The maximum atomic E-state index is 13.3. The predicted molar refractivity (Wildman–Crippen MR) is 62.5 cm³/mol. The highest BCUT2D eigenvalue weighted by atomic mass is 19.1. The van der Waals surface area contributed by atoms with Crippen molar-refractivity contribution in [2.75, 3.05) is 32.8 Å². The minimum atomic E-state index is -0.534. The Morgan fingerprint density at radius 3 is 2.71 bits per heavy atom. The molecule has 5 heteroatoms. The molecule has 94 valence electrons. The predicted octanol–water partition coefficient (Wildman–Crippen LogP) is 0.917. The van der Waals surface area contributed by atoms with E-state index in [1.54, 1.807) is 0 Å². The van der Waals surface area contributed by atoms with Gasteiger partial charge in [0.25, 0.3) is 0 Å². The van der Waals surface area contributed by atoms with Gasteiger partial charge in [-0.25, -0.2) is 8.78 Å². The SMILES string of the molecule is Fc1ccc(CNCN2CCNCC2)c(F)c1. The van der Waals surface area contributed by atoms with E-state index in [1.807, 2.05) is 0 Å². The summed E-state index contributed by atoms with van der Waals surface area (Å²) in [5, 5.41) is 6.43. The van der Waals surface area contributed by atoms with Crippen LogP contribution in [0.25, 0.3) is 0 Å². The molecule has 1 aromatic carbocycles. The van der Waals surface area contributed by atoms with Gasteiger partial charge in [0, 0.05) is 51.0 Å². The van der Waals surface area contributed by atoms with E-state index in [0.29, 0.717) is 12.1 Å². The number of piperazine rings is 1. The molecule has 0 unspecified atom stereocenters. The maximum absolute atomic E-state index is 13.3. The molecule has 1 aliphatic heterocycles. The standard InChI is InChI=1S/C12H17F2N3/c13-11-2-1-10(12(14)7-11)8-16-9-17-5-3-15-4-6-17/h1-2,7,15-16H,3-6,8-9H2. The van der Waals surface area contributed by atoms with Crippen molar-refractivity contribution in [2.24, 2.45) is 0 Å². The Labute approximate surface area is 99.8 Å². The topological polar surface area (TPSA) is 27.3 Å². The van der Waals surface area contributed by atoms with Crippen molar-refractivity contribution in [3.05, 3.63) is 35.4 Å². The minimum Gasteiger partial charge on any atom is -0.314 e. The molecule has 1 saturated heterocycles. The largest absolute Gasteiger partial charge is 0.314 e. The molecule has 1 fully saturated rings. The second-order valence-electron chi connectivity index (χ2n) is 4.19. The fourth-order valence-electron chi connectivity index (χ4n) is 1.88.